The summed E-state index contributed by atoms with van der Waals surface area (Å²) in [5, 5.41) is 10.2. The van der Waals surface area contributed by atoms with Crippen molar-refractivity contribution in [3.05, 3.63) is 68.7 Å². The number of allylic oxidation sites excluding steroid dienone is 1. The zero-order valence-corrected chi connectivity index (χ0v) is 19.9. The van der Waals surface area contributed by atoms with Crippen LogP contribution in [-0.2, 0) is 14.3 Å². The van der Waals surface area contributed by atoms with Crippen LogP contribution in [0.1, 0.15) is 24.1 Å². The number of rotatable bonds is 8. The molecule has 1 aliphatic rings. The van der Waals surface area contributed by atoms with Crippen molar-refractivity contribution in [3.63, 3.8) is 0 Å². The van der Waals surface area contributed by atoms with E-state index in [-0.39, 0.29) is 40.7 Å². The van der Waals surface area contributed by atoms with Gasteiger partial charge in [-0.15, -0.1) is 0 Å². The third kappa shape index (κ3) is 5.02. The monoisotopic (exact) mass is 484 g/mol. The van der Waals surface area contributed by atoms with Crippen LogP contribution in [0.3, 0.4) is 0 Å². The number of aromatic nitrogens is 2. The molecule has 3 rings (SSSR count). The molecular formula is C23H24N4O6S. The van der Waals surface area contributed by atoms with Crippen LogP contribution >= 0.6 is 11.8 Å². The second-order valence-corrected chi connectivity index (χ2v) is 8.01. The molecule has 0 spiro atoms. The van der Waals surface area contributed by atoms with Crippen molar-refractivity contribution in [2.24, 2.45) is 5.73 Å². The average Bonchev–Trinajstić information content (AvgIpc) is 2.81. The summed E-state index contributed by atoms with van der Waals surface area (Å²) >= 11 is 1.15. The van der Waals surface area contributed by atoms with E-state index in [1.165, 1.54) is 20.3 Å². The maximum atomic E-state index is 13.1. The molecule has 1 aromatic heterocycles. The molecule has 0 aliphatic carbocycles. The summed E-state index contributed by atoms with van der Waals surface area (Å²) in [7, 11) is 2.95. The minimum absolute atomic E-state index is 0.0328. The van der Waals surface area contributed by atoms with Gasteiger partial charge in [-0.05, 0) is 19.9 Å². The van der Waals surface area contributed by atoms with Crippen molar-refractivity contribution in [2.75, 3.05) is 26.6 Å². The van der Waals surface area contributed by atoms with Gasteiger partial charge in [0.2, 0.25) is 5.88 Å². The minimum Gasteiger partial charge on any atom is -0.493 e. The number of hydrogen-bond acceptors (Lipinski definition) is 10. The summed E-state index contributed by atoms with van der Waals surface area (Å²) in [6, 6.07) is 8.55. The van der Waals surface area contributed by atoms with Gasteiger partial charge < -0.3 is 29.7 Å². The molecule has 34 heavy (non-hydrogen) atoms. The Hall–Kier alpha value is -3.91. The zero-order valence-electron chi connectivity index (χ0n) is 19.1. The number of carbonyl (C=O) groups excluding carboxylic acids is 1. The quantitative estimate of drug-likeness (QED) is 0.325. The highest BCUT2D eigenvalue weighted by Gasteiger charge is 2.39. The summed E-state index contributed by atoms with van der Waals surface area (Å²) in [4.78, 5) is 31.9. The van der Waals surface area contributed by atoms with Gasteiger partial charge in [0, 0.05) is 17.3 Å². The number of nitrogens with one attached hydrogen (secondary N) is 1. The highest BCUT2D eigenvalue weighted by atomic mass is 32.2. The summed E-state index contributed by atoms with van der Waals surface area (Å²) < 4.78 is 22.0. The fraction of sp³-hybridized carbons (Fsp3) is 0.304. The van der Waals surface area contributed by atoms with E-state index >= 15 is 0 Å². The fourth-order valence-corrected chi connectivity index (χ4v) is 4.43. The van der Waals surface area contributed by atoms with E-state index in [4.69, 9.17) is 24.7 Å². The highest BCUT2D eigenvalue weighted by molar-refractivity contribution is 7.99. The lowest BCUT2D eigenvalue weighted by atomic mass is 9.82. The second-order valence-electron chi connectivity index (χ2n) is 7.05. The number of aryl methyl sites for hydroxylation is 1. The van der Waals surface area contributed by atoms with Crippen molar-refractivity contribution in [1.82, 2.24) is 9.97 Å². The van der Waals surface area contributed by atoms with Gasteiger partial charge >= 0.3 is 5.97 Å². The SMILES string of the molecule is CCOC(=O)C1=C(CSc2nc(C)cc(=O)[nH]2)OC(N)=C(C#N)[C@@H]1c1cccc(OC)c1OC. The van der Waals surface area contributed by atoms with E-state index in [1.807, 2.05) is 0 Å². The number of thioether (sulfide) groups is 1. The number of aromatic amines is 1. The molecule has 1 aromatic carbocycles. The van der Waals surface area contributed by atoms with Crippen molar-refractivity contribution < 1.29 is 23.7 Å². The summed E-state index contributed by atoms with van der Waals surface area (Å²) in [5.41, 5.74) is 6.97. The smallest absolute Gasteiger partial charge is 0.338 e. The van der Waals surface area contributed by atoms with E-state index in [0.29, 0.717) is 27.9 Å². The molecule has 3 N–H and O–H groups in total. The largest absolute Gasteiger partial charge is 0.493 e. The lowest BCUT2D eigenvalue weighted by Gasteiger charge is -2.29. The first-order chi connectivity index (χ1) is 16.3. The summed E-state index contributed by atoms with van der Waals surface area (Å²) in [6.45, 7) is 3.48. The summed E-state index contributed by atoms with van der Waals surface area (Å²) in [5.74, 6) is -0.713. The van der Waals surface area contributed by atoms with Crippen LogP contribution < -0.4 is 20.8 Å². The van der Waals surface area contributed by atoms with E-state index in [0.717, 1.165) is 11.8 Å². The molecule has 0 unspecified atom stereocenters. The molecule has 0 radical (unpaired) electrons. The molecule has 10 nitrogen and oxygen atoms in total. The number of benzene rings is 1. The first kappa shape index (κ1) is 24.7. The molecule has 2 heterocycles. The van der Waals surface area contributed by atoms with Crippen LogP contribution in [0.4, 0.5) is 0 Å². The van der Waals surface area contributed by atoms with Crippen LogP contribution in [0.15, 0.2) is 57.0 Å². The molecule has 0 amide bonds. The van der Waals surface area contributed by atoms with E-state index < -0.39 is 11.9 Å². The predicted molar refractivity (Wildman–Crippen MR) is 124 cm³/mol. The second kappa shape index (κ2) is 10.8. The molecule has 0 saturated heterocycles. The van der Waals surface area contributed by atoms with Gasteiger partial charge in [0.25, 0.3) is 5.56 Å². The van der Waals surface area contributed by atoms with Gasteiger partial charge in [0.05, 0.1) is 38.1 Å². The Kier molecular flexibility index (Phi) is 7.86. The molecule has 0 fully saturated rings. The lowest BCUT2D eigenvalue weighted by Crippen LogP contribution is -2.27. The van der Waals surface area contributed by atoms with Crippen LogP contribution in [0.2, 0.25) is 0 Å². The molecule has 1 aliphatic heterocycles. The fourth-order valence-electron chi connectivity index (χ4n) is 3.56. The van der Waals surface area contributed by atoms with Gasteiger partial charge in [0.1, 0.15) is 17.4 Å². The van der Waals surface area contributed by atoms with Crippen LogP contribution in [0, 0.1) is 18.3 Å². The average molecular weight is 485 g/mol. The topological polar surface area (TPSA) is 150 Å². The number of nitrogens with two attached hydrogens (primary N) is 1. The molecular weight excluding hydrogens is 460 g/mol. The Morgan fingerprint density at radius 3 is 2.74 bits per heavy atom. The number of H-pyrrole nitrogens is 1. The van der Waals surface area contributed by atoms with Crippen LogP contribution in [0.5, 0.6) is 11.5 Å². The molecule has 0 bridgehead atoms. The van der Waals surface area contributed by atoms with E-state index in [9.17, 15) is 14.9 Å². The lowest BCUT2D eigenvalue weighted by molar-refractivity contribution is -0.139. The van der Waals surface area contributed by atoms with Gasteiger partial charge in [-0.1, -0.05) is 23.9 Å². The molecule has 1 atom stereocenters. The molecule has 0 saturated carbocycles. The zero-order chi connectivity index (χ0) is 24.8. The Labute approximate surface area is 200 Å². The maximum absolute atomic E-state index is 13.1. The number of carbonyl (C=O) groups is 1. The predicted octanol–water partition coefficient (Wildman–Crippen LogP) is 2.51. The third-order valence-corrected chi connectivity index (χ3v) is 5.80. The number of methoxy groups -OCH3 is 2. The van der Waals surface area contributed by atoms with Gasteiger partial charge in [0.15, 0.2) is 16.7 Å². The Bertz CT molecular complexity index is 1260. The van der Waals surface area contributed by atoms with E-state index in [1.54, 1.807) is 32.0 Å². The van der Waals surface area contributed by atoms with Crippen molar-refractivity contribution in [3.8, 4) is 17.6 Å². The van der Waals surface area contributed by atoms with Crippen molar-refractivity contribution in [1.29, 1.82) is 5.26 Å². The Morgan fingerprint density at radius 1 is 1.35 bits per heavy atom. The minimum atomic E-state index is -0.928. The maximum Gasteiger partial charge on any atom is 0.338 e. The summed E-state index contributed by atoms with van der Waals surface area (Å²) in [6.07, 6.45) is 0. The first-order valence-electron chi connectivity index (χ1n) is 10.2. The number of esters is 1. The molecule has 11 heteroatoms. The molecule has 178 valence electrons. The van der Waals surface area contributed by atoms with Gasteiger partial charge in [-0.25, -0.2) is 9.78 Å². The van der Waals surface area contributed by atoms with Crippen molar-refractivity contribution >= 4 is 17.7 Å². The van der Waals surface area contributed by atoms with Crippen LogP contribution in [0.25, 0.3) is 0 Å². The first-order valence-corrected chi connectivity index (χ1v) is 11.2. The standard InChI is InChI=1S/C23H24N4O6S/c1-5-32-22(29)19-16(11-34-23-26-12(2)9-17(28)27-23)33-21(25)14(10-24)18(19)13-7-6-8-15(30-3)20(13)31-4/h6-9,18H,5,11,25H2,1-4H3,(H,26,27,28)/t18-/m0/s1. The number of hydrogen-bond donors (Lipinski definition) is 2. The third-order valence-electron chi connectivity index (χ3n) is 4.92. The molecule has 2 aromatic rings. The highest BCUT2D eigenvalue weighted by Crippen LogP contribution is 2.46. The van der Waals surface area contributed by atoms with E-state index in [2.05, 4.69) is 16.0 Å². The Morgan fingerprint density at radius 2 is 2.12 bits per heavy atom. The van der Waals surface area contributed by atoms with Crippen LogP contribution in [-0.4, -0.2) is 42.5 Å². The van der Waals surface area contributed by atoms with Crippen molar-refractivity contribution in [2.45, 2.75) is 24.9 Å². The van der Waals surface area contributed by atoms with Gasteiger partial charge in [-0.3, -0.25) is 4.79 Å². The number of ether oxygens (including phenoxy) is 4. The number of nitriles is 1. The number of nitrogens with zero attached hydrogens (tertiary/aromatic N) is 2. The normalized spacial score (nSPS) is 15.4. The Balaban J connectivity index is 2.18. The number of para-hydroxylation sites is 1. The van der Waals surface area contributed by atoms with Gasteiger partial charge in [-0.2, -0.15) is 5.26 Å².